The lowest BCUT2D eigenvalue weighted by Gasteiger charge is -2.50. The van der Waals surface area contributed by atoms with E-state index in [0.717, 1.165) is 40.8 Å². The molecular weight excluding hydrogens is 398 g/mol. The van der Waals surface area contributed by atoms with Crippen LogP contribution in [-0.2, 0) is 11.3 Å². The van der Waals surface area contributed by atoms with Gasteiger partial charge in [-0.15, -0.1) is 0 Å². The molecule has 2 atom stereocenters. The molecular formula is C25H32ClNO3. The van der Waals surface area contributed by atoms with Crippen LogP contribution in [-0.4, -0.2) is 23.2 Å². The Morgan fingerprint density at radius 1 is 1.20 bits per heavy atom. The third kappa shape index (κ3) is 4.17. The smallest absolute Gasteiger partial charge is 0.307 e. The molecule has 2 unspecified atom stereocenters. The Balaban J connectivity index is 1.45. The van der Waals surface area contributed by atoms with Gasteiger partial charge in [-0.2, -0.15) is 0 Å². The molecule has 2 N–H and O–H groups in total. The molecule has 30 heavy (non-hydrogen) atoms. The molecule has 2 aromatic rings. The van der Waals surface area contributed by atoms with E-state index in [9.17, 15) is 9.90 Å². The van der Waals surface area contributed by atoms with Crippen molar-refractivity contribution in [2.75, 3.05) is 0 Å². The highest BCUT2D eigenvalue weighted by Crippen LogP contribution is 2.46. The van der Waals surface area contributed by atoms with Gasteiger partial charge in [0.25, 0.3) is 0 Å². The van der Waals surface area contributed by atoms with Crippen molar-refractivity contribution in [3.05, 3.63) is 40.9 Å². The van der Waals surface area contributed by atoms with Crippen LogP contribution in [0, 0.1) is 17.3 Å². The van der Waals surface area contributed by atoms with Crippen LogP contribution in [0.15, 0.2) is 30.3 Å². The van der Waals surface area contributed by atoms with Gasteiger partial charge in [0.05, 0.1) is 17.0 Å². The van der Waals surface area contributed by atoms with Gasteiger partial charge in [0.15, 0.2) is 0 Å². The molecule has 0 radical (unpaired) electrons. The number of fused-ring (bicyclic) bond motifs is 1. The minimum atomic E-state index is -0.699. The lowest BCUT2D eigenvalue weighted by atomic mass is 9.58. The minimum Gasteiger partial charge on any atom is -0.489 e. The Morgan fingerprint density at radius 3 is 2.57 bits per heavy atom. The standard InChI is InChI=1S/C25H32ClNO3/c1-15-4-9-18(10-5-15)30-21-11-8-17-7-6-16(12-19(17)23(21)26)14-27-22-13-20(24(28)29)25(22,2)3/h6-8,11-12,15,18,20,22,27H,4-5,9-10,13-14H2,1-3H3,(H,28,29)/t15-,18+,20?,22?. The molecule has 2 aliphatic carbocycles. The Morgan fingerprint density at radius 2 is 1.90 bits per heavy atom. The van der Waals surface area contributed by atoms with Crippen molar-refractivity contribution >= 4 is 28.3 Å². The molecule has 4 nitrogen and oxygen atoms in total. The average Bonchev–Trinajstić information content (AvgIpc) is 2.71. The van der Waals surface area contributed by atoms with Crippen LogP contribution in [0.1, 0.15) is 58.4 Å². The normalized spacial score (nSPS) is 28.1. The SMILES string of the molecule is CC1(C)C(NCc2ccc3ccc(O[C@H]4CC[C@@H](C)CC4)c(Cl)c3c2)CC1C(=O)O. The number of ether oxygens (including phenoxy) is 1. The molecule has 162 valence electrons. The maximum Gasteiger partial charge on any atom is 0.307 e. The largest absolute Gasteiger partial charge is 0.489 e. The Bertz CT molecular complexity index is 933. The van der Waals surface area contributed by atoms with E-state index in [1.54, 1.807) is 0 Å². The second-order valence-electron chi connectivity index (χ2n) is 9.81. The van der Waals surface area contributed by atoms with E-state index in [4.69, 9.17) is 16.3 Å². The van der Waals surface area contributed by atoms with E-state index < -0.39 is 5.97 Å². The molecule has 2 aliphatic rings. The number of carboxylic acids is 1. The topological polar surface area (TPSA) is 58.6 Å². The van der Waals surface area contributed by atoms with Crippen molar-refractivity contribution < 1.29 is 14.6 Å². The summed E-state index contributed by atoms with van der Waals surface area (Å²) in [5.74, 6) is 0.593. The zero-order chi connectivity index (χ0) is 21.5. The minimum absolute atomic E-state index is 0.202. The van der Waals surface area contributed by atoms with Crippen LogP contribution in [0.4, 0.5) is 0 Å². The predicted octanol–water partition coefficient (Wildman–Crippen LogP) is 6.04. The highest BCUT2D eigenvalue weighted by atomic mass is 35.5. The molecule has 0 aliphatic heterocycles. The predicted molar refractivity (Wildman–Crippen MR) is 121 cm³/mol. The molecule has 0 saturated heterocycles. The first-order valence-corrected chi connectivity index (χ1v) is 11.5. The zero-order valence-corrected chi connectivity index (χ0v) is 18.8. The van der Waals surface area contributed by atoms with Crippen LogP contribution in [0.2, 0.25) is 5.02 Å². The Labute approximate surface area is 183 Å². The van der Waals surface area contributed by atoms with Crippen LogP contribution in [0.3, 0.4) is 0 Å². The number of carboxylic acid groups (broad SMARTS) is 1. The van der Waals surface area contributed by atoms with Crippen molar-refractivity contribution in [1.29, 1.82) is 0 Å². The summed E-state index contributed by atoms with van der Waals surface area (Å²) in [5, 5.41) is 15.7. The molecule has 0 aromatic heterocycles. The van der Waals surface area contributed by atoms with E-state index in [1.165, 1.54) is 12.8 Å². The second-order valence-corrected chi connectivity index (χ2v) is 10.2. The molecule has 0 bridgehead atoms. The van der Waals surface area contributed by atoms with Gasteiger partial charge in [0, 0.05) is 18.0 Å². The van der Waals surface area contributed by atoms with E-state index in [2.05, 4.69) is 36.5 Å². The summed E-state index contributed by atoms with van der Waals surface area (Å²) >= 11 is 6.75. The van der Waals surface area contributed by atoms with Crippen molar-refractivity contribution in [2.24, 2.45) is 17.3 Å². The summed E-state index contributed by atoms with van der Waals surface area (Å²) in [5.41, 5.74) is 0.904. The molecule has 2 aromatic carbocycles. The van der Waals surface area contributed by atoms with E-state index in [-0.39, 0.29) is 23.5 Å². The molecule has 2 fully saturated rings. The van der Waals surface area contributed by atoms with Gasteiger partial charge in [-0.1, -0.05) is 50.6 Å². The fourth-order valence-corrected chi connectivity index (χ4v) is 5.24. The van der Waals surface area contributed by atoms with Crippen molar-refractivity contribution in [3.63, 3.8) is 0 Å². The van der Waals surface area contributed by atoms with Gasteiger partial charge in [-0.05, 0) is 66.5 Å². The summed E-state index contributed by atoms with van der Waals surface area (Å²) in [6.07, 6.45) is 5.54. The molecule has 0 amide bonds. The van der Waals surface area contributed by atoms with E-state index in [1.807, 2.05) is 19.9 Å². The number of aliphatic carboxylic acids is 1. The van der Waals surface area contributed by atoms with E-state index >= 15 is 0 Å². The van der Waals surface area contributed by atoms with Gasteiger partial charge in [-0.3, -0.25) is 4.79 Å². The molecule has 4 rings (SSSR count). The fourth-order valence-electron chi connectivity index (χ4n) is 4.97. The first-order chi connectivity index (χ1) is 14.3. The molecule has 2 saturated carbocycles. The van der Waals surface area contributed by atoms with Crippen LogP contribution < -0.4 is 10.1 Å². The second kappa shape index (κ2) is 8.39. The van der Waals surface area contributed by atoms with Gasteiger partial charge < -0.3 is 15.2 Å². The number of rotatable bonds is 6. The van der Waals surface area contributed by atoms with Crippen molar-refractivity contribution in [1.82, 2.24) is 5.32 Å². The van der Waals surface area contributed by atoms with Crippen molar-refractivity contribution in [3.8, 4) is 5.75 Å². The summed E-state index contributed by atoms with van der Waals surface area (Å²) in [7, 11) is 0. The molecule has 0 heterocycles. The third-order valence-corrected chi connectivity index (χ3v) is 7.75. The van der Waals surface area contributed by atoms with Crippen LogP contribution >= 0.6 is 11.6 Å². The van der Waals surface area contributed by atoms with Crippen LogP contribution in [0.25, 0.3) is 10.8 Å². The number of hydrogen-bond donors (Lipinski definition) is 2. The maximum atomic E-state index is 11.3. The summed E-state index contributed by atoms with van der Waals surface area (Å²) in [6.45, 7) is 7.05. The quantitative estimate of drug-likeness (QED) is 0.587. The zero-order valence-electron chi connectivity index (χ0n) is 18.1. The lowest BCUT2D eigenvalue weighted by Crippen LogP contribution is -2.58. The van der Waals surface area contributed by atoms with Gasteiger partial charge in [-0.25, -0.2) is 0 Å². The number of halogens is 1. The number of nitrogens with one attached hydrogen (secondary N) is 1. The van der Waals surface area contributed by atoms with Crippen LogP contribution in [0.5, 0.6) is 5.75 Å². The first-order valence-electron chi connectivity index (χ1n) is 11.1. The summed E-state index contributed by atoms with van der Waals surface area (Å²) in [4.78, 5) is 11.3. The summed E-state index contributed by atoms with van der Waals surface area (Å²) in [6, 6.07) is 10.6. The molecule has 5 heteroatoms. The first kappa shape index (κ1) is 21.5. The molecule has 0 spiro atoms. The monoisotopic (exact) mass is 429 g/mol. The van der Waals surface area contributed by atoms with Gasteiger partial charge in [0.2, 0.25) is 0 Å². The lowest BCUT2D eigenvalue weighted by molar-refractivity contribution is -0.155. The fraction of sp³-hybridized carbons (Fsp3) is 0.560. The third-order valence-electron chi connectivity index (χ3n) is 7.36. The van der Waals surface area contributed by atoms with Gasteiger partial charge >= 0.3 is 5.97 Å². The average molecular weight is 430 g/mol. The number of carbonyl (C=O) groups is 1. The Hall–Kier alpha value is -1.78. The van der Waals surface area contributed by atoms with E-state index in [0.29, 0.717) is 18.0 Å². The Kier molecular flexibility index (Phi) is 6.00. The summed E-state index contributed by atoms with van der Waals surface area (Å²) < 4.78 is 6.27. The van der Waals surface area contributed by atoms with Crippen molar-refractivity contribution in [2.45, 2.75) is 71.6 Å². The highest BCUT2D eigenvalue weighted by Gasteiger charge is 2.51. The number of hydrogen-bond acceptors (Lipinski definition) is 3. The highest BCUT2D eigenvalue weighted by molar-refractivity contribution is 6.37. The van der Waals surface area contributed by atoms with Gasteiger partial charge in [0.1, 0.15) is 5.75 Å². The number of benzene rings is 2. The maximum absolute atomic E-state index is 11.3.